The maximum Gasteiger partial charge on any atom is 0.220 e. The van der Waals surface area contributed by atoms with Crippen molar-refractivity contribution in [2.24, 2.45) is 0 Å². The highest BCUT2D eigenvalue weighted by Gasteiger charge is 2.54. The lowest BCUT2D eigenvalue weighted by atomic mass is 9.95. The molecule has 0 aromatic heterocycles. The average Bonchev–Trinajstić information content (AvgIpc) is 3.38. The molecule has 3 saturated heterocycles. The minimum Gasteiger partial charge on any atom is -0.394 e. The molecule has 2 amide bonds. The summed E-state index contributed by atoms with van der Waals surface area (Å²) in [5, 5.41) is 114. The number of ether oxygens (including phenoxy) is 6. The molecule has 12 N–H and O–H groups in total. The molecule has 3 fully saturated rings. The van der Waals surface area contributed by atoms with E-state index in [1.54, 1.807) is 6.08 Å². The molecule has 0 saturated carbocycles. The van der Waals surface area contributed by atoms with Gasteiger partial charge in [0.15, 0.2) is 18.9 Å². The predicted molar refractivity (Wildman–Crippen MR) is 275 cm³/mol. The van der Waals surface area contributed by atoms with Crippen molar-refractivity contribution in [3.8, 4) is 0 Å². The van der Waals surface area contributed by atoms with E-state index in [4.69, 9.17) is 28.4 Å². The summed E-state index contributed by atoms with van der Waals surface area (Å²) in [6, 6.07) is -2.44. The van der Waals surface area contributed by atoms with Crippen molar-refractivity contribution in [2.75, 3.05) is 26.4 Å². The molecule has 74 heavy (non-hydrogen) atoms. The van der Waals surface area contributed by atoms with Gasteiger partial charge in [-0.2, -0.15) is 0 Å². The first-order valence-electron chi connectivity index (χ1n) is 28.4. The Bertz CT molecular complexity index is 1480. The van der Waals surface area contributed by atoms with E-state index < -0.39 is 130 Å². The molecular formula is C54H100N2O18. The summed E-state index contributed by atoms with van der Waals surface area (Å²) < 4.78 is 34.8. The van der Waals surface area contributed by atoms with Gasteiger partial charge in [-0.15, -0.1) is 0 Å². The molecule has 0 spiro atoms. The summed E-state index contributed by atoms with van der Waals surface area (Å²) in [5.41, 5.74) is 0. The van der Waals surface area contributed by atoms with Crippen LogP contribution in [0.2, 0.25) is 0 Å². The molecule has 20 nitrogen and oxygen atoms in total. The summed E-state index contributed by atoms with van der Waals surface area (Å²) in [6.45, 7) is 2.76. The van der Waals surface area contributed by atoms with E-state index in [-0.39, 0.29) is 18.9 Å². The molecule has 0 aromatic carbocycles. The number of hydrogen-bond donors (Lipinski definition) is 12. The Balaban J connectivity index is 1.61. The van der Waals surface area contributed by atoms with Gasteiger partial charge in [0.25, 0.3) is 0 Å². The van der Waals surface area contributed by atoms with Gasteiger partial charge in [0, 0.05) is 13.3 Å². The molecule has 434 valence electrons. The van der Waals surface area contributed by atoms with Crippen molar-refractivity contribution in [3.63, 3.8) is 0 Å². The number of carbonyl (C=O) groups is 2. The Morgan fingerprint density at radius 2 is 0.986 bits per heavy atom. The van der Waals surface area contributed by atoms with Gasteiger partial charge >= 0.3 is 0 Å². The Morgan fingerprint density at radius 1 is 0.527 bits per heavy atom. The van der Waals surface area contributed by atoms with E-state index in [9.17, 15) is 60.7 Å². The van der Waals surface area contributed by atoms with Crippen LogP contribution in [0.3, 0.4) is 0 Å². The van der Waals surface area contributed by atoms with Gasteiger partial charge < -0.3 is 90.1 Å². The largest absolute Gasteiger partial charge is 0.394 e. The van der Waals surface area contributed by atoms with E-state index >= 15 is 0 Å². The zero-order valence-electron chi connectivity index (χ0n) is 44.9. The third-order valence-corrected chi connectivity index (χ3v) is 14.5. The minimum absolute atomic E-state index is 0.239. The van der Waals surface area contributed by atoms with Crippen molar-refractivity contribution in [1.82, 2.24) is 10.6 Å². The lowest BCUT2D eigenvalue weighted by Crippen LogP contribution is -2.68. The molecule has 6 unspecified atom stereocenters. The van der Waals surface area contributed by atoms with Crippen LogP contribution in [0.5, 0.6) is 0 Å². The van der Waals surface area contributed by atoms with Gasteiger partial charge in [-0.05, 0) is 19.3 Å². The number of hydrogen-bond acceptors (Lipinski definition) is 18. The summed E-state index contributed by atoms with van der Waals surface area (Å²) in [4.78, 5) is 25.3. The van der Waals surface area contributed by atoms with Crippen LogP contribution in [0.4, 0.5) is 0 Å². The zero-order chi connectivity index (χ0) is 54.3. The molecular weight excluding hydrogens is 965 g/mol. The highest BCUT2D eigenvalue weighted by molar-refractivity contribution is 5.76. The zero-order valence-corrected chi connectivity index (χ0v) is 44.9. The lowest BCUT2D eigenvalue weighted by Gasteiger charge is -2.48. The van der Waals surface area contributed by atoms with Crippen molar-refractivity contribution in [1.29, 1.82) is 0 Å². The van der Waals surface area contributed by atoms with Crippen LogP contribution >= 0.6 is 0 Å². The van der Waals surface area contributed by atoms with Crippen LogP contribution in [-0.2, 0) is 38.0 Å². The normalized spacial score (nSPS) is 31.4. The smallest absolute Gasteiger partial charge is 0.220 e. The number of allylic oxidation sites excluding steroid dienone is 1. The highest BCUT2D eigenvalue weighted by atomic mass is 16.8. The van der Waals surface area contributed by atoms with Gasteiger partial charge in [-0.25, -0.2) is 0 Å². The summed E-state index contributed by atoms with van der Waals surface area (Å²) in [5.74, 6) is -0.947. The van der Waals surface area contributed by atoms with Gasteiger partial charge in [-0.3, -0.25) is 9.59 Å². The van der Waals surface area contributed by atoms with E-state index in [0.717, 1.165) is 51.9 Å². The quantitative estimate of drug-likeness (QED) is 0.0310. The molecule has 0 aliphatic carbocycles. The van der Waals surface area contributed by atoms with Crippen LogP contribution in [0.25, 0.3) is 0 Å². The van der Waals surface area contributed by atoms with E-state index in [1.165, 1.54) is 109 Å². The highest BCUT2D eigenvalue weighted by Crippen LogP contribution is 2.33. The van der Waals surface area contributed by atoms with Crippen LogP contribution in [0.1, 0.15) is 188 Å². The maximum atomic E-state index is 13.3. The first-order chi connectivity index (χ1) is 35.7. The maximum absolute atomic E-state index is 13.3. The Labute approximate surface area is 440 Å². The second-order valence-electron chi connectivity index (χ2n) is 20.8. The molecule has 3 aliphatic rings. The first kappa shape index (κ1) is 66.3. The number of aliphatic hydroxyl groups excluding tert-OH is 10. The predicted octanol–water partition coefficient (Wildman–Crippen LogP) is 3.18. The summed E-state index contributed by atoms with van der Waals surface area (Å²) in [6.07, 6.45) is 7.97. The van der Waals surface area contributed by atoms with Crippen molar-refractivity contribution >= 4 is 11.8 Å². The number of amides is 2. The molecule has 20 heteroatoms. The minimum atomic E-state index is -1.97. The number of aliphatic hydroxyl groups is 10. The third kappa shape index (κ3) is 23.6. The number of carbonyl (C=O) groups excluding carboxylic acids is 2. The van der Waals surface area contributed by atoms with Gasteiger partial charge in [0.05, 0.1) is 38.6 Å². The molecule has 0 bridgehead atoms. The van der Waals surface area contributed by atoms with Gasteiger partial charge in [0.1, 0.15) is 73.2 Å². The van der Waals surface area contributed by atoms with Crippen molar-refractivity contribution < 1.29 is 89.1 Å². The third-order valence-electron chi connectivity index (χ3n) is 14.5. The fourth-order valence-electron chi connectivity index (χ4n) is 9.88. The van der Waals surface area contributed by atoms with Crippen LogP contribution < -0.4 is 10.6 Å². The molecule has 3 aliphatic heterocycles. The molecule has 3 rings (SSSR count). The number of unbranched alkanes of at least 4 members (excludes halogenated alkanes) is 23. The topological polar surface area (TPSA) is 316 Å². The molecule has 0 radical (unpaired) electrons. The first-order valence-corrected chi connectivity index (χ1v) is 28.4. The Hall–Kier alpha value is -1.96. The molecule has 17 atom stereocenters. The lowest BCUT2D eigenvalue weighted by molar-refractivity contribution is -0.375. The summed E-state index contributed by atoms with van der Waals surface area (Å²) in [7, 11) is 0. The van der Waals surface area contributed by atoms with Crippen molar-refractivity contribution in [2.45, 2.75) is 292 Å². The Kier molecular flexibility index (Phi) is 34.6. The Morgan fingerprint density at radius 3 is 1.50 bits per heavy atom. The second-order valence-corrected chi connectivity index (χ2v) is 20.8. The monoisotopic (exact) mass is 1060 g/mol. The van der Waals surface area contributed by atoms with E-state index in [2.05, 4.69) is 24.5 Å². The fourth-order valence-corrected chi connectivity index (χ4v) is 9.88. The second kappa shape index (κ2) is 38.6. The SMILES string of the molecule is CCCCCCCCCCCCC/C=C/[C@@H](O)[C@H](CO[C@@H]1OC(CO)[C@@H](O[C@@H]2OC(CO)[C@H](O)[C@H](O[C@@H]3OC(CO)[C@@H](O)[C@H](O)C3NC(C)=O)C2O)[C@H](O)C1O)NC(=O)CCCCCCCCCCCCCCC. The van der Waals surface area contributed by atoms with Crippen LogP contribution in [0.15, 0.2) is 12.2 Å². The van der Waals surface area contributed by atoms with E-state index in [1.807, 2.05) is 6.08 Å². The molecule has 0 aromatic rings. The molecule has 3 heterocycles. The standard InChI is InChI=1S/C54H100N2O18/c1-4-6-8-10-12-14-16-18-20-22-24-26-28-30-38(61)37(56-42(62)31-29-27-25-23-21-19-17-15-13-11-9-7-5-2)35-69-53-48(67)47(66)50(41(34-59)72-53)73-54-49(68)51(45(64)40(33-58)71-54)74-52-43(55-36(3)60)46(65)44(63)39(32-57)70-52/h28,30,37-41,43-54,57-59,61,63-68H,4-27,29,31-35H2,1-3H3,(H,55,60)(H,56,62)/b30-28+/t37-,38+,39?,40?,41?,43?,44+,45-,46+,47+,48?,49?,50+,51-,52-,53+,54-/m0/s1. The van der Waals surface area contributed by atoms with Gasteiger partial charge in [0.2, 0.25) is 11.8 Å². The summed E-state index contributed by atoms with van der Waals surface area (Å²) >= 11 is 0. The van der Waals surface area contributed by atoms with Gasteiger partial charge in [-0.1, -0.05) is 167 Å². The fraction of sp³-hybridized carbons (Fsp3) is 0.926. The van der Waals surface area contributed by atoms with Crippen LogP contribution in [0, 0.1) is 0 Å². The average molecular weight is 1070 g/mol. The van der Waals surface area contributed by atoms with Crippen molar-refractivity contribution in [3.05, 3.63) is 12.2 Å². The number of nitrogens with one attached hydrogen (secondary N) is 2. The number of rotatable bonds is 40. The van der Waals surface area contributed by atoms with E-state index in [0.29, 0.717) is 6.42 Å². The van der Waals surface area contributed by atoms with Crippen LogP contribution in [-0.4, -0.2) is 194 Å².